The molecule has 0 spiro atoms. The van der Waals surface area contributed by atoms with Gasteiger partial charge in [0.25, 0.3) is 0 Å². The first-order valence-corrected chi connectivity index (χ1v) is 9.85. The number of carbonyl (C=O) groups is 2. The summed E-state index contributed by atoms with van der Waals surface area (Å²) in [5.74, 6) is 1.01. The molecule has 1 fully saturated rings. The van der Waals surface area contributed by atoms with Gasteiger partial charge in [0.2, 0.25) is 11.8 Å². The molecule has 0 aromatic carbocycles. The molecule has 1 saturated heterocycles. The van der Waals surface area contributed by atoms with Crippen molar-refractivity contribution in [3.05, 3.63) is 16.0 Å². The van der Waals surface area contributed by atoms with Crippen LogP contribution in [0.1, 0.15) is 42.2 Å². The van der Waals surface area contributed by atoms with E-state index in [9.17, 15) is 14.9 Å². The monoisotopic (exact) mass is 349 g/mol. The summed E-state index contributed by atoms with van der Waals surface area (Å²) in [7, 11) is 0. The highest BCUT2D eigenvalue weighted by molar-refractivity contribution is 7.99. The molecule has 0 radical (unpaired) electrons. The zero-order valence-electron chi connectivity index (χ0n) is 13.1. The molecule has 0 bridgehead atoms. The molecule has 3 rings (SSSR count). The van der Waals surface area contributed by atoms with Crippen LogP contribution in [0.25, 0.3) is 0 Å². The van der Waals surface area contributed by atoms with E-state index in [0.717, 1.165) is 31.2 Å². The highest BCUT2D eigenvalue weighted by atomic mass is 32.2. The van der Waals surface area contributed by atoms with Crippen LogP contribution in [0.3, 0.4) is 0 Å². The van der Waals surface area contributed by atoms with E-state index in [1.54, 1.807) is 23.6 Å². The number of anilines is 1. The van der Waals surface area contributed by atoms with E-state index in [1.165, 1.54) is 16.2 Å². The third kappa shape index (κ3) is 3.10. The Hall–Kier alpha value is -1.52. The molecule has 7 heteroatoms. The van der Waals surface area contributed by atoms with Crippen LogP contribution in [0.2, 0.25) is 0 Å². The van der Waals surface area contributed by atoms with Crippen molar-refractivity contribution in [2.24, 2.45) is 0 Å². The van der Waals surface area contributed by atoms with Crippen molar-refractivity contribution in [3.8, 4) is 6.07 Å². The van der Waals surface area contributed by atoms with Crippen molar-refractivity contribution in [2.45, 2.75) is 45.1 Å². The van der Waals surface area contributed by atoms with E-state index in [-0.39, 0.29) is 11.8 Å². The Bertz CT molecular complexity index is 678. The van der Waals surface area contributed by atoms with Crippen molar-refractivity contribution in [3.63, 3.8) is 0 Å². The standard InChI is InChI=1S/C16H19N3O2S2/c1-2-14(20)19-9-22-8-12(19)15(21)18-16-11(7-17)10-5-3-4-6-13(10)23-16/h12H,2-6,8-9H2,1H3,(H,18,21). The van der Waals surface area contributed by atoms with Crippen LogP contribution in [-0.2, 0) is 22.4 Å². The first-order chi connectivity index (χ1) is 11.2. The lowest BCUT2D eigenvalue weighted by molar-refractivity contribution is -0.135. The molecule has 1 N–H and O–H groups in total. The molecular formula is C16H19N3O2S2. The zero-order valence-corrected chi connectivity index (χ0v) is 14.7. The number of hydrogen-bond acceptors (Lipinski definition) is 5. The molecule has 5 nitrogen and oxygen atoms in total. The second kappa shape index (κ2) is 6.93. The molecular weight excluding hydrogens is 330 g/mol. The highest BCUT2D eigenvalue weighted by Gasteiger charge is 2.34. The number of carbonyl (C=O) groups excluding carboxylic acids is 2. The first-order valence-electron chi connectivity index (χ1n) is 7.88. The van der Waals surface area contributed by atoms with E-state index in [0.29, 0.717) is 28.6 Å². The van der Waals surface area contributed by atoms with Gasteiger partial charge in [-0.3, -0.25) is 9.59 Å². The number of hydrogen-bond donors (Lipinski definition) is 1. The normalized spacial score (nSPS) is 20.0. The first kappa shape index (κ1) is 16.3. The van der Waals surface area contributed by atoms with Gasteiger partial charge in [-0.1, -0.05) is 6.92 Å². The van der Waals surface area contributed by atoms with Gasteiger partial charge in [-0.15, -0.1) is 23.1 Å². The summed E-state index contributed by atoms with van der Waals surface area (Å²) in [4.78, 5) is 27.4. The van der Waals surface area contributed by atoms with Crippen LogP contribution in [0, 0.1) is 11.3 Å². The fourth-order valence-electron chi connectivity index (χ4n) is 3.08. The smallest absolute Gasteiger partial charge is 0.248 e. The van der Waals surface area contributed by atoms with Crippen LogP contribution in [0.15, 0.2) is 0 Å². The van der Waals surface area contributed by atoms with Crippen LogP contribution in [0.5, 0.6) is 0 Å². The van der Waals surface area contributed by atoms with Crippen molar-refractivity contribution in [1.29, 1.82) is 5.26 Å². The molecule has 23 heavy (non-hydrogen) atoms. The molecule has 1 aromatic rings. The predicted molar refractivity (Wildman–Crippen MR) is 92.6 cm³/mol. The predicted octanol–water partition coefficient (Wildman–Crippen LogP) is 2.75. The molecule has 122 valence electrons. The van der Waals surface area contributed by atoms with Gasteiger partial charge in [0, 0.05) is 17.1 Å². The van der Waals surface area contributed by atoms with Crippen molar-refractivity contribution in [1.82, 2.24) is 4.90 Å². The van der Waals surface area contributed by atoms with E-state index in [4.69, 9.17) is 0 Å². The Morgan fingerprint density at radius 1 is 1.39 bits per heavy atom. The number of thiophene rings is 1. The number of rotatable bonds is 3. The van der Waals surface area contributed by atoms with Crippen molar-refractivity contribution in [2.75, 3.05) is 16.9 Å². The summed E-state index contributed by atoms with van der Waals surface area (Å²) in [6.07, 6.45) is 4.56. The van der Waals surface area contributed by atoms with Crippen LogP contribution < -0.4 is 5.32 Å². The molecule has 1 aromatic heterocycles. The minimum Gasteiger partial charge on any atom is -0.321 e. The van der Waals surface area contributed by atoms with Gasteiger partial charge in [-0.25, -0.2) is 0 Å². The number of amides is 2. The number of thioether (sulfide) groups is 1. The summed E-state index contributed by atoms with van der Waals surface area (Å²) in [5, 5.41) is 13.0. The third-order valence-corrected chi connectivity index (χ3v) is 6.55. The highest BCUT2D eigenvalue weighted by Crippen LogP contribution is 2.38. The van der Waals surface area contributed by atoms with Gasteiger partial charge < -0.3 is 10.2 Å². The average Bonchev–Trinajstić information content (AvgIpc) is 3.18. The molecule has 1 aliphatic carbocycles. The lowest BCUT2D eigenvalue weighted by Crippen LogP contribution is -2.44. The summed E-state index contributed by atoms with van der Waals surface area (Å²) < 4.78 is 0. The number of fused-ring (bicyclic) bond motifs is 1. The Morgan fingerprint density at radius 3 is 2.91 bits per heavy atom. The van der Waals surface area contributed by atoms with Gasteiger partial charge in [0.15, 0.2) is 0 Å². The minimum atomic E-state index is -0.432. The van der Waals surface area contributed by atoms with Gasteiger partial charge in [0.05, 0.1) is 11.4 Å². The fourth-order valence-corrected chi connectivity index (χ4v) is 5.50. The largest absolute Gasteiger partial charge is 0.321 e. The quantitative estimate of drug-likeness (QED) is 0.911. The molecule has 2 amide bonds. The number of nitrogens with one attached hydrogen (secondary N) is 1. The van der Waals surface area contributed by atoms with Crippen LogP contribution in [0.4, 0.5) is 5.00 Å². The lowest BCUT2D eigenvalue weighted by atomic mass is 9.96. The summed E-state index contributed by atoms with van der Waals surface area (Å²) in [6.45, 7) is 1.81. The second-order valence-corrected chi connectivity index (χ2v) is 7.85. The Balaban J connectivity index is 1.79. The third-order valence-electron chi connectivity index (χ3n) is 4.33. The van der Waals surface area contributed by atoms with E-state index >= 15 is 0 Å². The second-order valence-electron chi connectivity index (χ2n) is 5.75. The topological polar surface area (TPSA) is 73.2 Å². The minimum absolute atomic E-state index is 0.00105. The zero-order chi connectivity index (χ0) is 16.4. The number of nitrogens with zero attached hydrogens (tertiary/aromatic N) is 2. The van der Waals surface area contributed by atoms with E-state index in [1.807, 2.05) is 0 Å². The van der Waals surface area contributed by atoms with Crippen LogP contribution in [-0.4, -0.2) is 34.4 Å². The van der Waals surface area contributed by atoms with E-state index in [2.05, 4.69) is 11.4 Å². The SMILES string of the molecule is CCC(=O)N1CSCC1C(=O)Nc1sc2c(c1C#N)CCCC2. The van der Waals surface area contributed by atoms with Gasteiger partial charge in [0.1, 0.15) is 17.1 Å². The summed E-state index contributed by atoms with van der Waals surface area (Å²) in [6, 6.07) is 1.82. The van der Waals surface area contributed by atoms with Gasteiger partial charge in [-0.2, -0.15) is 5.26 Å². The maximum absolute atomic E-state index is 12.6. The van der Waals surface area contributed by atoms with Gasteiger partial charge >= 0.3 is 0 Å². The van der Waals surface area contributed by atoms with Crippen LogP contribution >= 0.6 is 23.1 Å². The molecule has 1 atom stereocenters. The number of aryl methyl sites for hydroxylation is 1. The maximum Gasteiger partial charge on any atom is 0.248 e. The maximum atomic E-state index is 12.6. The van der Waals surface area contributed by atoms with Crippen molar-refractivity contribution >= 4 is 39.9 Å². The Kier molecular flexibility index (Phi) is 4.93. The molecule has 1 unspecified atom stereocenters. The van der Waals surface area contributed by atoms with E-state index < -0.39 is 6.04 Å². The molecule has 2 aliphatic rings. The fraction of sp³-hybridized carbons (Fsp3) is 0.562. The average molecular weight is 349 g/mol. The Morgan fingerprint density at radius 2 is 2.17 bits per heavy atom. The van der Waals surface area contributed by atoms with Gasteiger partial charge in [-0.05, 0) is 31.2 Å². The summed E-state index contributed by atoms with van der Waals surface area (Å²) in [5.41, 5.74) is 1.73. The molecule has 1 aliphatic heterocycles. The summed E-state index contributed by atoms with van der Waals surface area (Å²) >= 11 is 3.12. The molecule has 2 heterocycles. The van der Waals surface area contributed by atoms with Crippen molar-refractivity contribution < 1.29 is 9.59 Å². The lowest BCUT2D eigenvalue weighted by Gasteiger charge is -2.22. The Labute approximate surface area is 144 Å². The molecule has 0 saturated carbocycles. The number of nitriles is 1.